The summed E-state index contributed by atoms with van der Waals surface area (Å²) in [6.45, 7) is 0. The van der Waals surface area contributed by atoms with Crippen LogP contribution < -0.4 is 10.3 Å². The molecule has 0 amide bonds. The first-order chi connectivity index (χ1) is 6.83. The number of aromatic amines is 1. The molecule has 2 heterocycles. The van der Waals surface area contributed by atoms with E-state index in [0.717, 1.165) is 0 Å². The van der Waals surface area contributed by atoms with Crippen LogP contribution in [0.4, 0.5) is 0 Å². The second-order valence-electron chi connectivity index (χ2n) is 2.59. The summed E-state index contributed by atoms with van der Waals surface area (Å²) < 4.78 is 10.1. The highest BCUT2D eigenvalue weighted by atomic mass is 16.5. The van der Waals surface area contributed by atoms with Gasteiger partial charge in [0.25, 0.3) is 5.56 Å². The third-order valence-electron chi connectivity index (χ3n) is 1.77. The topological polar surface area (TPSA) is 68.1 Å². The Hall–Kier alpha value is -2.04. The second-order valence-corrected chi connectivity index (χ2v) is 2.59. The Morgan fingerprint density at radius 1 is 1.57 bits per heavy atom. The van der Waals surface area contributed by atoms with Crippen LogP contribution in [0.25, 0.3) is 11.5 Å². The largest absolute Gasteiger partial charge is 0.489 e. The van der Waals surface area contributed by atoms with Crippen molar-refractivity contribution in [1.82, 2.24) is 9.97 Å². The Morgan fingerprint density at radius 3 is 3.07 bits per heavy atom. The Balaban J connectivity index is 2.64. The number of ether oxygens (including phenoxy) is 1. The molecule has 0 atom stereocenters. The van der Waals surface area contributed by atoms with Gasteiger partial charge in [0.15, 0.2) is 11.5 Å². The maximum Gasteiger partial charge on any atom is 0.293 e. The van der Waals surface area contributed by atoms with Crippen molar-refractivity contribution in [2.24, 2.45) is 0 Å². The highest BCUT2D eigenvalue weighted by Crippen LogP contribution is 2.23. The van der Waals surface area contributed by atoms with E-state index in [2.05, 4.69) is 9.97 Å². The molecule has 14 heavy (non-hydrogen) atoms. The van der Waals surface area contributed by atoms with E-state index in [-0.39, 0.29) is 11.3 Å². The lowest BCUT2D eigenvalue weighted by molar-refractivity contribution is 0.406. The number of H-pyrrole nitrogens is 1. The monoisotopic (exact) mass is 192 g/mol. The van der Waals surface area contributed by atoms with Crippen LogP contribution in [0.5, 0.6) is 5.75 Å². The third kappa shape index (κ3) is 1.28. The summed E-state index contributed by atoms with van der Waals surface area (Å²) in [6.07, 6.45) is 2.82. The van der Waals surface area contributed by atoms with Crippen LogP contribution in [0.1, 0.15) is 0 Å². The SMILES string of the molecule is COc1c(-c2ccco2)nc[nH]c1=O. The van der Waals surface area contributed by atoms with E-state index in [1.165, 1.54) is 19.7 Å². The van der Waals surface area contributed by atoms with E-state index in [4.69, 9.17) is 9.15 Å². The molecule has 0 aliphatic rings. The van der Waals surface area contributed by atoms with E-state index < -0.39 is 0 Å². The molecule has 2 aromatic rings. The van der Waals surface area contributed by atoms with Gasteiger partial charge in [0, 0.05) is 0 Å². The van der Waals surface area contributed by atoms with Crippen molar-refractivity contribution in [3.05, 3.63) is 35.1 Å². The smallest absolute Gasteiger partial charge is 0.293 e. The maximum absolute atomic E-state index is 11.3. The summed E-state index contributed by atoms with van der Waals surface area (Å²) in [5.41, 5.74) is 0.0788. The molecule has 1 N–H and O–H groups in total. The van der Waals surface area contributed by atoms with E-state index in [0.29, 0.717) is 11.5 Å². The minimum Gasteiger partial charge on any atom is -0.489 e. The molecule has 0 aromatic carbocycles. The van der Waals surface area contributed by atoms with Gasteiger partial charge in [-0.15, -0.1) is 0 Å². The molecule has 0 unspecified atom stereocenters. The Morgan fingerprint density at radius 2 is 2.43 bits per heavy atom. The summed E-state index contributed by atoms with van der Waals surface area (Å²) >= 11 is 0. The first-order valence-corrected chi connectivity index (χ1v) is 3.98. The Bertz CT molecular complexity index is 473. The molecular weight excluding hydrogens is 184 g/mol. The second kappa shape index (κ2) is 3.37. The average molecular weight is 192 g/mol. The summed E-state index contributed by atoms with van der Waals surface area (Å²) in [5.74, 6) is 0.662. The number of hydrogen-bond donors (Lipinski definition) is 1. The van der Waals surface area contributed by atoms with Gasteiger partial charge in [0.2, 0.25) is 5.75 Å². The maximum atomic E-state index is 11.3. The van der Waals surface area contributed by atoms with Gasteiger partial charge in [0.05, 0.1) is 19.7 Å². The number of nitrogens with zero attached hydrogens (tertiary/aromatic N) is 1. The van der Waals surface area contributed by atoms with Gasteiger partial charge < -0.3 is 14.1 Å². The van der Waals surface area contributed by atoms with Crippen LogP contribution in [0, 0.1) is 0 Å². The minimum atomic E-state index is -0.325. The Labute approximate surface area is 79.4 Å². The molecule has 0 aliphatic carbocycles. The molecule has 2 aromatic heterocycles. The Kier molecular flexibility index (Phi) is 2.06. The van der Waals surface area contributed by atoms with Crippen molar-refractivity contribution in [3.8, 4) is 17.2 Å². The van der Waals surface area contributed by atoms with Crippen molar-refractivity contribution in [3.63, 3.8) is 0 Å². The molecule has 0 fully saturated rings. The van der Waals surface area contributed by atoms with Crippen LogP contribution in [-0.2, 0) is 0 Å². The standard InChI is InChI=1S/C9H8N2O3/c1-13-8-7(6-3-2-4-14-6)10-5-11-9(8)12/h2-5H,1H3,(H,10,11,12). The number of furan rings is 1. The van der Waals surface area contributed by atoms with E-state index >= 15 is 0 Å². The predicted octanol–water partition coefficient (Wildman–Crippen LogP) is 1.04. The summed E-state index contributed by atoms with van der Waals surface area (Å²) in [5, 5.41) is 0. The fourth-order valence-corrected chi connectivity index (χ4v) is 1.17. The molecule has 5 nitrogen and oxygen atoms in total. The van der Waals surface area contributed by atoms with Crippen molar-refractivity contribution in [1.29, 1.82) is 0 Å². The van der Waals surface area contributed by atoms with Gasteiger partial charge in [-0.3, -0.25) is 4.79 Å². The van der Waals surface area contributed by atoms with Gasteiger partial charge in [-0.05, 0) is 12.1 Å². The van der Waals surface area contributed by atoms with Crippen molar-refractivity contribution in [2.45, 2.75) is 0 Å². The highest BCUT2D eigenvalue weighted by molar-refractivity contribution is 5.59. The zero-order valence-electron chi connectivity index (χ0n) is 7.48. The van der Waals surface area contributed by atoms with Crippen LogP contribution in [0.15, 0.2) is 33.9 Å². The van der Waals surface area contributed by atoms with Gasteiger partial charge in [-0.25, -0.2) is 4.98 Å². The highest BCUT2D eigenvalue weighted by Gasteiger charge is 2.12. The van der Waals surface area contributed by atoms with Crippen molar-refractivity contribution < 1.29 is 9.15 Å². The molecule has 0 aliphatic heterocycles. The molecule has 0 saturated carbocycles. The molecule has 0 radical (unpaired) electrons. The molecular formula is C9H8N2O3. The normalized spacial score (nSPS) is 10.1. The first-order valence-electron chi connectivity index (χ1n) is 3.98. The first kappa shape index (κ1) is 8.55. The van der Waals surface area contributed by atoms with Crippen molar-refractivity contribution in [2.75, 3.05) is 7.11 Å². The van der Waals surface area contributed by atoms with Crippen LogP contribution in [0.2, 0.25) is 0 Å². The van der Waals surface area contributed by atoms with E-state index in [1.54, 1.807) is 12.1 Å². The van der Waals surface area contributed by atoms with E-state index in [9.17, 15) is 4.79 Å². The molecule has 0 spiro atoms. The third-order valence-corrected chi connectivity index (χ3v) is 1.77. The van der Waals surface area contributed by atoms with Crippen LogP contribution >= 0.6 is 0 Å². The summed E-state index contributed by atoms with van der Waals surface area (Å²) in [7, 11) is 1.42. The quantitative estimate of drug-likeness (QED) is 0.771. The van der Waals surface area contributed by atoms with E-state index in [1.807, 2.05) is 0 Å². The fraction of sp³-hybridized carbons (Fsp3) is 0.111. The zero-order chi connectivity index (χ0) is 9.97. The molecule has 5 heteroatoms. The molecule has 0 bridgehead atoms. The van der Waals surface area contributed by atoms with Gasteiger partial charge >= 0.3 is 0 Å². The lowest BCUT2D eigenvalue weighted by atomic mass is 10.3. The number of methoxy groups -OCH3 is 1. The van der Waals surface area contributed by atoms with Gasteiger partial charge in [0.1, 0.15) is 0 Å². The number of hydrogen-bond acceptors (Lipinski definition) is 4. The molecule has 72 valence electrons. The summed E-state index contributed by atoms with van der Waals surface area (Å²) in [6, 6.07) is 3.43. The van der Waals surface area contributed by atoms with Crippen LogP contribution in [-0.4, -0.2) is 17.1 Å². The van der Waals surface area contributed by atoms with Crippen LogP contribution in [0.3, 0.4) is 0 Å². The number of rotatable bonds is 2. The number of aromatic nitrogens is 2. The summed E-state index contributed by atoms with van der Waals surface area (Å²) in [4.78, 5) is 17.7. The average Bonchev–Trinajstić information content (AvgIpc) is 2.70. The fourth-order valence-electron chi connectivity index (χ4n) is 1.17. The predicted molar refractivity (Wildman–Crippen MR) is 49.1 cm³/mol. The zero-order valence-corrected chi connectivity index (χ0v) is 7.48. The number of nitrogens with one attached hydrogen (secondary N) is 1. The van der Waals surface area contributed by atoms with Crippen molar-refractivity contribution >= 4 is 0 Å². The van der Waals surface area contributed by atoms with Gasteiger partial charge in [-0.1, -0.05) is 0 Å². The lowest BCUT2D eigenvalue weighted by Gasteiger charge is -2.02. The lowest BCUT2D eigenvalue weighted by Crippen LogP contribution is -2.10. The molecule has 2 rings (SSSR count). The van der Waals surface area contributed by atoms with Gasteiger partial charge in [-0.2, -0.15) is 0 Å². The minimum absolute atomic E-state index is 0.155. The molecule has 0 saturated heterocycles.